The van der Waals surface area contributed by atoms with Crippen LogP contribution in [0.15, 0.2) is 24.3 Å². The van der Waals surface area contributed by atoms with Gasteiger partial charge in [-0.3, -0.25) is 9.59 Å². The number of hydrogen-bond acceptors (Lipinski definition) is 4. The van der Waals surface area contributed by atoms with E-state index in [1.165, 1.54) is 18.6 Å². The maximum Gasteiger partial charge on any atom is 0.317 e. The monoisotopic (exact) mass is 627 g/mol. The number of carbonyl (C=O) groups is 3. The molecule has 1 aliphatic carbocycles. The van der Waals surface area contributed by atoms with Gasteiger partial charge in [0, 0.05) is 56.3 Å². The Morgan fingerprint density at radius 2 is 1.56 bits per heavy atom. The van der Waals surface area contributed by atoms with Crippen molar-refractivity contribution in [3.63, 3.8) is 0 Å². The molecule has 4 atom stereocenters. The van der Waals surface area contributed by atoms with Crippen molar-refractivity contribution in [3.8, 4) is 0 Å². The first-order valence-corrected chi connectivity index (χ1v) is 17.6. The lowest BCUT2D eigenvalue weighted by Gasteiger charge is -2.46. The topological polar surface area (TPSA) is 93.8 Å². The molecule has 252 valence electrons. The van der Waals surface area contributed by atoms with Crippen LogP contribution in [0.2, 0.25) is 0 Å². The van der Waals surface area contributed by atoms with E-state index in [-0.39, 0.29) is 59.2 Å². The second-order valence-electron chi connectivity index (χ2n) is 14.9. The van der Waals surface area contributed by atoms with Gasteiger partial charge in [-0.1, -0.05) is 45.2 Å². The summed E-state index contributed by atoms with van der Waals surface area (Å²) < 4.78 is 13.7. The van der Waals surface area contributed by atoms with Crippen LogP contribution in [0.4, 0.5) is 9.18 Å². The molecule has 1 spiro atoms. The Bertz CT molecular complexity index is 1120. The smallest absolute Gasteiger partial charge is 0.317 e. The van der Waals surface area contributed by atoms with Crippen LogP contribution in [0.25, 0.3) is 0 Å². The molecule has 0 radical (unpaired) electrons. The number of likely N-dealkylation sites (tertiary alicyclic amines) is 1. The standard InChI is InChI=1S/C36H58FN5O3/c1-6-29-24-42(25-30(7-2)39-29)34(45)38-23-27(22-26-12-14-28(37)15-13-26)33(44)41-20-11-19-36(17-9-8-10-18-36)31(16-21-41)32(43)40-35(3,4)5/h12-15,27,29-31,39H,6-11,16-25H2,1-5H3,(H,38,45)(H,40,43)/t27-,29?,30?,31?/m0/s1. The summed E-state index contributed by atoms with van der Waals surface area (Å²) in [5.74, 6) is -0.831. The second-order valence-corrected chi connectivity index (χ2v) is 14.9. The number of hydrogen-bond donors (Lipinski definition) is 3. The number of carbonyl (C=O) groups excluding carboxylic acids is 3. The molecule has 2 heterocycles. The van der Waals surface area contributed by atoms with E-state index in [0.29, 0.717) is 39.0 Å². The van der Waals surface area contributed by atoms with Crippen LogP contribution in [-0.4, -0.2) is 78.0 Å². The first-order chi connectivity index (χ1) is 21.4. The van der Waals surface area contributed by atoms with Crippen molar-refractivity contribution < 1.29 is 18.8 Å². The predicted molar refractivity (Wildman–Crippen MR) is 177 cm³/mol. The van der Waals surface area contributed by atoms with Gasteiger partial charge >= 0.3 is 6.03 Å². The molecular formula is C36H58FN5O3. The number of halogens is 1. The van der Waals surface area contributed by atoms with E-state index < -0.39 is 5.92 Å². The summed E-state index contributed by atoms with van der Waals surface area (Å²) in [7, 11) is 0. The quantitative estimate of drug-likeness (QED) is 0.347. The zero-order valence-electron chi connectivity index (χ0n) is 28.4. The normalized spacial score (nSPS) is 24.8. The molecule has 45 heavy (non-hydrogen) atoms. The van der Waals surface area contributed by atoms with Gasteiger partial charge in [-0.25, -0.2) is 9.18 Å². The molecule has 8 nitrogen and oxygen atoms in total. The van der Waals surface area contributed by atoms with Gasteiger partial charge in [0.2, 0.25) is 11.8 Å². The molecule has 0 bridgehead atoms. The number of rotatable bonds is 8. The van der Waals surface area contributed by atoms with E-state index in [9.17, 15) is 18.8 Å². The largest absolute Gasteiger partial charge is 0.351 e. The Balaban J connectivity index is 1.49. The number of amides is 4. The molecule has 1 aromatic carbocycles. The fourth-order valence-corrected chi connectivity index (χ4v) is 7.88. The van der Waals surface area contributed by atoms with Gasteiger partial charge in [-0.05, 0) is 95.2 Å². The number of urea groups is 1. The van der Waals surface area contributed by atoms with Gasteiger partial charge in [-0.2, -0.15) is 0 Å². The van der Waals surface area contributed by atoms with Crippen molar-refractivity contribution in [1.29, 1.82) is 0 Å². The third kappa shape index (κ3) is 9.66. The van der Waals surface area contributed by atoms with Crippen LogP contribution in [0.5, 0.6) is 0 Å². The van der Waals surface area contributed by atoms with Crippen molar-refractivity contribution in [1.82, 2.24) is 25.8 Å². The maximum atomic E-state index is 14.3. The lowest BCUT2D eigenvalue weighted by atomic mass is 9.61. The van der Waals surface area contributed by atoms with Gasteiger partial charge in [0.1, 0.15) is 5.82 Å². The summed E-state index contributed by atoms with van der Waals surface area (Å²) in [6.07, 6.45) is 10.4. The number of nitrogens with zero attached hydrogens (tertiary/aromatic N) is 2. The molecular weight excluding hydrogens is 569 g/mol. The van der Waals surface area contributed by atoms with Crippen molar-refractivity contribution in [2.75, 3.05) is 32.7 Å². The molecule has 4 rings (SSSR count). The Kier molecular flexibility index (Phi) is 12.3. The molecule has 1 saturated carbocycles. The minimum atomic E-state index is -0.490. The van der Waals surface area contributed by atoms with E-state index in [2.05, 4.69) is 29.8 Å². The Morgan fingerprint density at radius 3 is 2.16 bits per heavy atom. The average molecular weight is 628 g/mol. The van der Waals surface area contributed by atoms with Gasteiger partial charge in [-0.15, -0.1) is 0 Å². The summed E-state index contributed by atoms with van der Waals surface area (Å²) in [6.45, 7) is 13.0. The number of piperazine rings is 1. The molecule has 2 saturated heterocycles. The van der Waals surface area contributed by atoms with Crippen LogP contribution in [0.3, 0.4) is 0 Å². The SMILES string of the molecule is CCC1CN(C(=O)NC[C@H](Cc2ccc(F)cc2)C(=O)N2CCCC3(CCCCC3)C(C(=O)NC(C)(C)C)CC2)CC(CC)N1. The lowest BCUT2D eigenvalue weighted by molar-refractivity contribution is -0.140. The van der Waals surface area contributed by atoms with E-state index in [0.717, 1.165) is 56.9 Å². The molecule has 3 N–H and O–H groups in total. The molecule has 9 heteroatoms. The van der Waals surface area contributed by atoms with Crippen LogP contribution in [0.1, 0.15) is 104 Å². The average Bonchev–Trinajstić information content (AvgIpc) is 3.01. The zero-order chi connectivity index (χ0) is 32.6. The van der Waals surface area contributed by atoms with Gasteiger partial charge in [0.15, 0.2) is 0 Å². The molecule has 4 amide bonds. The highest BCUT2D eigenvalue weighted by atomic mass is 19.1. The van der Waals surface area contributed by atoms with Crippen LogP contribution < -0.4 is 16.0 Å². The van der Waals surface area contributed by atoms with Crippen molar-refractivity contribution in [3.05, 3.63) is 35.6 Å². The summed E-state index contributed by atoms with van der Waals surface area (Å²) in [5.41, 5.74) is 0.543. The minimum absolute atomic E-state index is 0.000204. The summed E-state index contributed by atoms with van der Waals surface area (Å²) in [5, 5.41) is 9.97. The second kappa shape index (κ2) is 15.7. The van der Waals surface area contributed by atoms with E-state index in [1.807, 2.05) is 30.6 Å². The fourth-order valence-electron chi connectivity index (χ4n) is 7.88. The van der Waals surface area contributed by atoms with Gasteiger partial charge in [0.05, 0.1) is 5.92 Å². The van der Waals surface area contributed by atoms with Crippen LogP contribution in [-0.2, 0) is 16.0 Å². The third-order valence-electron chi connectivity index (χ3n) is 10.4. The first-order valence-electron chi connectivity index (χ1n) is 17.6. The first kappa shape index (κ1) is 35.2. The molecule has 0 aromatic heterocycles. The highest BCUT2D eigenvalue weighted by molar-refractivity contribution is 5.82. The molecule has 3 unspecified atom stereocenters. The van der Waals surface area contributed by atoms with E-state index in [1.54, 1.807) is 12.1 Å². The zero-order valence-corrected chi connectivity index (χ0v) is 28.4. The van der Waals surface area contributed by atoms with E-state index in [4.69, 9.17) is 0 Å². The highest BCUT2D eigenvalue weighted by Crippen LogP contribution is 2.48. The molecule has 3 aliphatic rings. The number of benzene rings is 1. The van der Waals surface area contributed by atoms with Crippen LogP contribution in [0, 0.1) is 23.1 Å². The van der Waals surface area contributed by atoms with Gasteiger partial charge in [0.25, 0.3) is 0 Å². The highest BCUT2D eigenvalue weighted by Gasteiger charge is 2.45. The number of nitrogens with one attached hydrogen (secondary N) is 3. The Labute approximate surface area is 270 Å². The predicted octanol–water partition coefficient (Wildman–Crippen LogP) is 5.65. The maximum absolute atomic E-state index is 14.3. The molecule has 1 aromatic rings. The Hall–Kier alpha value is -2.68. The Morgan fingerprint density at radius 1 is 0.933 bits per heavy atom. The molecule has 2 aliphatic heterocycles. The third-order valence-corrected chi connectivity index (χ3v) is 10.4. The van der Waals surface area contributed by atoms with E-state index >= 15 is 0 Å². The van der Waals surface area contributed by atoms with Gasteiger partial charge < -0.3 is 25.8 Å². The van der Waals surface area contributed by atoms with Crippen molar-refractivity contribution in [2.45, 2.75) is 123 Å². The summed E-state index contributed by atoms with van der Waals surface area (Å²) in [4.78, 5) is 45.2. The molecule has 3 fully saturated rings. The summed E-state index contributed by atoms with van der Waals surface area (Å²) in [6, 6.07) is 6.65. The fraction of sp³-hybridized carbons (Fsp3) is 0.750. The minimum Gasteiger partial charge on any atom is -0.351 e. The van der Waals surface area contributed by atoms with Crippen LogP contribution >= 0.6 is 0 Å². The van der Waals surface area contributed by atoms with Crippen molar-refractivity contribution in [2.24, 2.45) is 17.3 Å². The lowest BCUT2D eigenvalue weighted by Crippen LogP contribution is -2.59. The van der Waals surface area contributed by atoms with Crippen molar-refractivity contribution >= 4 is 17.8 Å². The summed E-state index contributed by atoms with van der Waals surface area (Å²) >= 11 is 0.